The summed E-state index contributed by atoms with van der Waals surface area (Å²) in [5.41, 5.74) is -0.977. The van der Waals surface area contributed by atoms with Crippen LogP contribution in [0.1, 0.15) is 31.9 Å². The molecule has 184 valence electrons. The molecule has 3 N–H and O–H groups in total. The van der Waals surface area contributed by atoms with E-state index in [1.165, 1.54) is 12.1 Å². The van der Waals surface area contributed by atoms with Crippen molar-refractivity contribution >= 4 is 40.1 Å². The fraction of sp³-hybridized carbons (Fsp3) is 0.318. The molecule has 0 bridgehead atoms. The molecule has 1 atom stereocenters. The molecule has 0 unspecified atom stereocenters. The normalized spacial score (nSPS) is 17.1. The first kappa shape index (κ1) is 26.1. The Morgan fingerprint density at radius 1 is 1.29 bits per heavy atom. The van der Waals surface area contributed by atoms with Crippen LogP contribution >= 0.6 is 0 Å². The van der Waals surface area contributed by atoms with Gasteiger partial charge in [-0.25, -0.2) is 17.6 Å². The number of fused-ring (bicyclic) bond motifs is 1. The Labute approximate surface area is 202 Å². The van der Waals surface area contributed by atoms with Gasteiger partial charge in [-0.1, -0.05) is 12.1 Å². The molecular weight excluding hydrogens is 480 g/mol. The fourth-order valence-electron chi connectivity index (χ4n) is 3.49. The Hall–Kier alpha value is -3.47. The second-order valence-corrected chi connectivity index (χ2v) is 10.9. The van der Waals surface area contributed by atoms with Crippen molar-refractivity contribution in [3.8, 4) is 6.07 Å². The maximum atomic E-state index is 14.5. The zero-order valence-electron chi connectivity index (χ0n) is 19.1. The minimum absolute atomic E-state index is 0.216. The van der Waals surface area contributed by atoms with Gasteiger partial charge in [-0.3, -0.25) is 4.79 Å². The van der Waals surface area contributed by atoms with Gasteiger partial charge in [0, 0.05) is 5.46 Å². The summed E-state index contributed by atoms with van der Waals surface area (Å²) < 4.78 is 45.9. The monoisotopic (exact) mass is 503 g/mol. The number of carbonyl (C=O) groups is 2. The third-order valence-corrected chi connectivity index (χ3v) is 6.82. The summed E-state index contributed by atoms with van der Waals surface area (Å²) >= 11 is 0. The number of hydrogen-bond acceptors (Lipinski definition) is 8. The van der Waals surface area contributed by atoms with Crippen LogP contribution in [0.25, 0.3) is 0 Å². The standard InChI is InChI=1S/C22H23BFN3O7S/c1-22(2,3)34-21(29)26-17-12-35(32,33)19-9-16(24)15(23(30)31)8-18(19)27(20(17)28)11-14-6-4-13(10-25)5-7-14/h4-9,17,30-31H,11-12H2,1-3H3,(H,26,29)/t17-/m0/s1. The van der Waals surface area contributed by atoms with Crippen LogP contribution in [0.5, 0.6) is 0 Å². The van der Waals surface area contributed by atoms with E-state index in [4.69, 9.17) is 10.00 Å². The molecule has 0 saturated carbocycles. The molecule has 2 amide bonds. The van der Waals surface area contributed by atoms with E-state index in [0.29, 0.717) is 17.2 Å². The molecule has 1 aliphatic heterocycles. The van der Waals surface area contributed by atoms with Crippen molar-refractivity contribution in [2.45, 2.75) is 43.9 Å². The largest absolute Gasteiger partial charge is 0.491 e. The van der Waals surface area contributed by atoms with E-state index in [1.54, 1.807) is 32.9 Å². The van der Waals surface area contributed by atoms with Crippen LogP contribution in [0.4, 0.5) is 14.9 Å². The van der Waals surface area contributed by atoms with E-state index >= 15 is 0 Å². The lowest BCUT2D eigenvalue weighted by molar-refractivity contribution is -0.120. The highest BCUT2D eigenvalue weighted by molar-refractivity contribution is 7.91. The van der Waals surface area contributed by atoms with E-state index in [1.807, 2.05) is 6.07 Å². The number of nitriles is 1. The van der Waals surface area contributed by atoms with Gasteiger partial charge >= 0.3 is 13.2 Å². The number of nitrogens with one attached hydrogen (secondary N) is 1. The number of anilines is 1. The number of sulfone groups is 1. The Balaban J connectivity index is 2.13. The number of carbonyl (C=O) groups excluding carboxylic acids is 2. The Morgan fingerprint density at radius 2 is 1.91 bits per heavy atom. The second-order valence-electron chi connectivity index (χ2n) is 8.93. The van der Waals surface area contributed by atoms with E-state index in [9.17, 15) is 32.4 Å². The molecule has 2 aromatic carbocycles. The van der Waals surface area contributed by atoms with Crippen molar-refractivity contribution in [2.24, 2.45) is 0 Å². The second kappa shape index (κ2) is 9.65. The molecule has 35 heavy (non-hydrogen) atoms. The van der Waals surface area contributed by atoms with Crippen molar-refractivity contribution in [3.63, 3.8) is 0 Å². The summed E-state index contributed by atoms with van der Waals surface area (Å²) in [6, 6.07) is 7.97. The van der Waals surface area contributed by atoms with Crippen LogP contribution in [0.3, 0.4) is 0 Å². The molecule has 0 aromatic heterocycles. The fourth-order valence-corrected chi connectivity index (χ4v) is 5.10. The molecule has 10 nitrogen and oxygen atoms in total. The highest BCUT2D eigenvalue weighted by Crippen LogP contribution is 2.32. The van der Waals surface area contributed by atoms with Crippen molar-refractivity contribution in [1.29, 1.82) is 5.26 Å². The minimum atomic E-state index is -4.33. The van der Waals surface area contributed by atoms with Crippen molar-refractivity contribution in [3.05, 3.63) is 53.3 Å². The van der Waals surface area contributed by atoms with Crippen LogP contribution < -0.4 is 15.7 Å². The number of hydrogen-bond donors (Lipinski definition) is 3. The van der Waals surface area contributed by atoms with Gasteiger partial charge < -0.3 is 25.0 Å². The van der Waals surface area contributed by atoms with Crippen LogP contribution in [-0.2, 0) is 25.9 Å². The molecule has 0 saturated heterocycles. The molecule has 3 rings (SSSR count). The van der Waals surface area contributed by atoms with Gasteiger partial charge in [0.25, 0.3) is 5.91 Å². The molecule has 1 heterocycles. The number of alkyl carbamates (subject to hydrolysis) is 1. The highest BCUT2D eigenvalue weighted by Gasteiger charge is 2.40. The van der Waals surface area contributed by atoms with Crippen LogP contribution in [0.2, 0.25) is 0 Å². The number of amides is 2. The smallest absolute Gasteiger partial charge is 0.444 e. The van der Waals surface area contributed by atoms with Gasteiger partial charge in [-0.05, 0) is 50.6 Å². The topological polar surface area (TPSA) is 157 Å². The summed E-state index contributed by atoms with van der Waals surface area (Å²) in [4.78, 5) is 26.3. The molecule has 1 aliphatic rings. The number of benzene rings is 2. The molecule has 0 aliphatic carbocycles. The van der Waals surface area contributed by atoms with Gasteiger partial charge in [0.15, 0.2) is 9.84 Å². The molecular formula is C22H23BFN3O7S. The molecule has 0 fully saturated rings. The Morgan fingerprint density at radius 3 is 2.46 bits per heavy atom. The first-order valence-electron chi connectivity index (χ1n) is 10.4. The quantitative estimate of drug-likeness (QED) is 0.512. The first-order valence-corrected chi connectivity index (χ1v) is 12.1. The minimum Gasteiger partial charge on any atom is -0.444 e. The summed E-state index contributed by atoms with van der Waals surface area (Å²) in [7, 11) is -6.60. The maximum Gasteiger partial charge on any atom is 0.491 e. The summed E-state index contributed by atoms with van der Waals surface area (Å²) in [6.45, 7) is 4.56. The molecule has 13 heteroatoms. The molecule has 0 spiro atoms. The van der Waals surface area contributed by atoms with E-state index in [-0.39, 0.29) is 12.2 Å². The highest BCUT2D eigenvalue weighted by atomic mass is 32.2. The van der Waals surface area contributed by atoms with Gasteiger partial charge in [0.05, 0.1) is 34.5 Å². The van der Waals surface area contributed by atoms with Gasteiger partial charge in [-0.2, -0.15) is 5.26 Å². The third kappa shape index (κ3) is 5.97. The molecule has 0 radical (unpaired) electrons. The van der Waals surface area contributed by atoms with Crippen LogP contribution in [0.15, 0.2) is 41.3 Å². The number of ether oxygens (including phenoxy) is 1. The van der Waals surface area contributed by atoms with Gasteiger partial charge in [0.2, 0.25) is 0 Å². The number of nitrogens with zero attached hydrogens (tertiary/aromatic N) is 2. The van der Waals surface area contributed by atoms with Crippen LogP contribution in [0, 0.1) is 17.1 Å². The van der Waals surface area contributed by atoms with E-state index in [0.717, 1.165) is 11.0 Å². The zero-order valence-corrected chi connectivity index (χ0v) is 20.0. The summed E-state index contributed by atoms with van der Waals surface area (Å²) in [5.74, 6) is -2.90. The Bertz CT molecular complexity index is 1300. The SMILES string of the molecule is CC(C)(C)OC(=O)N[C@H]1CS(=O)(=O)c2cc(F)c(B(O)O)cc2N(Cc2ccc(C#N)cc2)C1=O. The predicted octanol–water partition coefficient (Wildman–Crippen LogP) is 0.591. The van der Waals surface area contributed by atoms with E-state index in [2.05, 4.69) is 5.32 Å². The zero-order chi connectivity index (χ0) is 26.1. The predicted molar refractivity (Wildman–Crippen MR) is 124 cm³/mol. The van der Waals surface area contributed by atoms with E-state index < -0.39 is 62.5 Å². The van der Waals surface area contributed by atoms with Crippen LogP contribution in [-0.4, -0.2) is 55.0 Å². The Kier molecular flexibility index (Phi) is 7.21. The van der Waals surface area contributed by atoms with Gasteiger partial charge in [0.1, 0.15) is 17.5 Å². The molecule has 2 aromatic rings. The summed E-state index contributed by atoms with van der Waals surface area (Å²) in [6.07, 6.45) is -1.02. The van der Waals surface area contributed by atoms with Crippen molar-refractivity contribution in [1.82, 2.24) is 5.32 Å². The lowest BCUT2D eigenvalue weighted by Crippen LogP contribution is -2.51. The van der Waals surface area contributed by atoms with Crippen molar-refractivity contribution < 1.29 is 37.2 Å². The average molecular weight is 503 g/mol. The number of halogens is 1. The lowest BCUT2D eigenvalue weighted by atomic mass is 9.79. The number of rotatable bonds is 4. The third-order valence-electron chi connectivity index (χ3n) is 5.05. The van der Waals surface area contributed by atoms with Crippen molar-refractivity contribution in [2.75, 3.05) is 10.7 Å². The van der Waals surface area contributed by atoms with Gasteiger partial charge in [-0.15, -0.1) is 0 Å². The average Bonchev–Trinajstić information content (AvgIpc) is 2.81. The summed E-state index contributed by atoms with van der Waals surface area (Å²) in [5, 5.41) is 30.4. The maximum absolute atomic E-state index is 14.5. The first-order chi connectivity index (χ1) is 16.2. The lowest BCUT2D eigenvalue weighted by Gasteiger charge is -2.27.